The van der Waals surface area contributed by atoms with Gasteiger partial charge in [0.1, 0.15) is 5.00 Å². The summed E-state index contributed by atoms with van der Waals surface area (Å²) in [4.78, 5) is 25.5. The molecule has 1 amide bonds. The fourth-order valence-electron chi connectivity index (χ4n) is 3.18. The van der Waals surface area contributed by atoms with E-state index in [9.17, 15) is 18.4 Å². The highest BCUT2D eigenvalue weighted by Gasteiger charge is 2.49. The van der Waals surface area contributed by atoms with E-state index in [2.05, 4.69) is 5.32 Å². The molecule has 1 aromatic rings. The molecule has 1 fully saturated rings. The van der Waals surface area contributed by atoms with Gasteiger partial charge in [-0.15, -0.1) is 11.3 Å². The van der Waals surface area contributed by atoms with Crippen molar-refractivity contribution in [2.75, 3.05) is 11.9 Å². The summed E-state index contributed by atoms with van der Waals surface area (Å²) >= 11 is 1.32. The average molecular weight is 358 g/mol. The minimum absolute atomic E-state index is 0.0332. The van der Waals surface area contributed by atoms with Crippen LogP contribution in [0.5, 0.6) is 0 Å². The maximum absolute atomic E-state index is 13.0. The molecular weight excluding hydrogens is 338 g/mol. The second-order valence-corrected chi connectivity index (χ2v) is 7.49. The Morgan fingerprint density at radius 2 is 2.12 bits per heavy atom. The highest BCUT2D eigenvalue weighted by Crippen LogP contribution is 2.44. The van der Waals surface area contributed by atoms with Crippen LogP contribution in [0.2, 0.25) is 0 Å². The number of carbonyl (C=O) groups is 2. The number of ether oxygens (including phenoxy) is 1. The Kier molecular flexibility index (Phi) is 4.61. The van der Waals surface area contributed by atoms with Gasteiger partial charge in [0.15, 0.2) is 0 Å². The average Bonchev–Trinajstić information content (AvgIpc) is 2.81. The number of nitrogens with two attached hydrogens (primary N) is 1. The van der Waals surface area contributed by atoms with E-state index in [0.717, 1.165) is 23.3 Å². The van der Waals surface area contributed by atoms with Crippen molar-refractivity contribution in [3.05, 3.63) is 16.0 Å². The minimum atomic E-state index is -2.76. The number of fused-ring (bicyclic) bond motifs is 1. The van der Waals surface area contributed by atoms with Gasteiger partial charge in [0.25, 0.3) is 0 Å². The minimum Gasteiger partial charge on any atom is -0.462 e. The summed E-state index contributed by atoms with van der Waals surface area (Å²) in [6, 6.07) is -0.0332. The number of halogens is 2. The van der Waals surface area contributed by atoms with E-state index in [1.807, 2.05) is 0 Å². The van der Waals surface area contributed by atoms with Crippen molar-refractivity contribution < 1.29 is 23.1 Å². The van der Waals surface area contributed by atoms with Gasteiger partial charge in [-0.1, -0.05) is 0 Å². The lowest BCUT2D eigenvalue weighted by Gasteiger charge is -2.33. The lowest BCUT2D eigenvalue weighted by molar-refractivity contribution is -0.145. The smallest absolute Gasteiger partial charge is 0.341 e. The van der Waals surface area contributed by atoms with Crippen LogP contribution in [0, 0.1) is 5.92 Å². The molecule has 0 aliphatic heterocycles. The van der Waals surface area contributed by atoms with Crippen LogP contribution in [-0.4, -0.2) is 30.4 Å². The summed E-state index contributed by atoms with van der Waals surface area (Å²) in [5, 5.41) is 3.06. The molecule has 1 heterocycles. The maximum atomic E-state index is 13.0. The second kappa shape index (κ2) is 6.40. The highest BCUT2D eigenvalue weighted by molar-refractivity contribution is 7.17. The van der Waals surface area contributed by atoms with Gasteiger partial charge in [0.2, 0.25) is 11.8 Å². The Morgan fingerprint density at radius 3 is 2.75 bits per heavy atom. The number of amides is 1. The van der Waals surface area contributed by atoms with Crippen LogP contribution in [0.25, 0.3) is 0 Å². The van der Waals surface area contributed by atoms with Gasteiger partial charge in [0.05, 0.1) is 12.2 Å². The fourth-order valence-corrected chi connectivity index (χ4v) is 4.41. The van der Waals surface area contributed by atoms with Gasteiger partial charge >= 0.3 is 5.97 Å². The van der Waals surface area contributed by atoms with Crippen LogP contribution < -0.4 is 11.1 Å². The molecule has 3 rings (SSSR count). The lowest BCUT2D eigenvalue weighted by Crippen LogP contribution is -2.42. The quantitative estimate of drug-likeness (QED) is 0.811. The number of thiophene rings is 1. The number of rotatable bonds is 4. The van der Waals surface area contributed by atoms with E-state index in [0.29, 0.717) is 17.0 Å². The van der Waals surface area contributed by atoms with E-state index in [1.165, 1.54) is 11.3 Å². The normalized spacial score (nSPS) is 22.4. The third-order valence-electron chi connectivity index (χ3n) is 4.48. The summed E-state index contributed by atoms with van der Waals surface area (Å²) in [6.07, 6.45) is 1.23. The van der Waals surface area contributed by atoms with Gasteiger partial charge in [-0.3, -0.25) is 4.79 Å². The number of alkyl halides is 2. The molecule has 1 aromatic heterocycles. The number of hydrogen-bond donors (Lipinski definition) is 2. The lowest BCUT2D eigenvalue weighted by atomic mass is 9.81. The molecule has 0 spiro atoms. The summed E-state index contributed by atoms with van der Waals surface area (Å²) in [7, 11) is 0. The second-order valence-electron chi connectivity index (χ2n) is 6.38. The molecule has 132 valence electrons. The predicted octanol–water partition coefficient (Wildman–Crippen LogP) is 2.72. The van der Waals surface area contributed by atoms with E-state index in [-0.39, 0.29) is 12.6 Å². The van der Waals surface area contributed by atoms with Gasteiger partial charge < -0.3 is 15.8 Å². The van der Waals surface area contributed by atoms with Crippen molar-refractivity contribution in [3.8, 4) is 0 Å². The summed E-state index contributed by atoms with van der Waals surface area (Å²) in [5.41, 5.74) is 7.16. The summed E-state index contributed by atoms with van der Waals surface area (Å²) in [5.74, 6) is -4.43. The first-order valence-electron chi connectivity index (χ1n) is 8.06. The van der Waals surface area contributed by atoms with Gasteiger partial charge in [0, 0.05) is 29.7 Å². The topological polar surface area (TPSA) is 81.4 Å². The molecule has 0 aromatic carbocycles. The van der Waals surface area contributed by atoms with E-state index in [1.54, 1.807) is 6.92 Å². The molecule has 0 bridgehead atoms. The number of hydrogen-bond acceptors (Lipinski definition) is 5. The Balaban J connectivity index is 1.84. The Labute approximate surface area is 142 Å². The fraction of sp³-hybridized carbons (Fsp3) is 0.625. The molecule has 8 heteroatoms. The summed E-state index contributed by atoms with van der Waals surface area (Å²) in [6.45, 7) is 1.93. The van der Waals surface area contributed by atoms with Gasteiger partial charge in [-0.25, -0.2) is 13.6 Å². The molecule has 2 aliphatic carbocycles. The van der Waals surface area contributed by atoms with Crippen LogP contribution in [0.4, 0.5) is 13.8 Å². The first-order valence-corrected chi connectivity index (χ1v) is 8.88. The Bertz CT molecular complexity index is 667. The largest absolute Gasteiger partial charge is 0.462 e. The molecule has 0 saturated heterocycles. The molecule has 5 nitrogen and oxygen atoms in total. The monoisotopic (exact) mass is 358 g/mol. The number of esters is 1. The molecule has 0 unspecified atom stereocenters. The standard InChI is InChI=1S/C16H20F2N2O3S/c1-2-23-15(22)12-10-5-9(19)3-4-11(10)24-14(12)20-13(21)8-6-16(17,18)7-8/h8-9H,2-7,19H2,1H3,(H,20,21)/t9-/m0/s1. The zero-order valence-electron chi connectivity index (χ0n) is 13.4. The van der Waals surface area contributed by atoms with Crippen molar-refractivity contribution in [2.45, 2.75) is 51.0 Å². The van der Waals surface area contributed by atoms with Crippen LogP contribution in [0.15, 0.2) is 0 Å². The Hall–Kier alpha value is -1.54. The molecule has 3 N–H and O–H groups in total. The van der Waals surface area contributed by atoms with Gasteiger partial charge in [-0.05, 0) is 31.7 Å². The molecule has 0 radical (unpaired) electrons. The van der Waals surface area contributed by atoms with Gasteiger partial charge in [-0.2, -0.15) is 0 Å². The van der Waals surface area contributed by atoms with E-state index >= 15 is 0 Å². The summed E-state index contributed by atoms with van der Waals surface area (Å²) < 4.78 is 31.0. The molecule has 24 heavy (non-hydrogen) atoms. The molecule has 2 aliphatic rings. The highest BCUT2D eigenvalue weighted by atomic mass is 32.1. The van der Waals surface area contributed by atoms with Crippen LogP contribution in [0.3, 0.4) is 0 Å². The van der Waals surface area contributed by atoms with Crippen LogP contribution in [-0.2, 0) is 22.4 Å². The van der Waals surface area contributed by atoms with Crippen molar-refractivity contribution in [3.63, 3.8) is 0 Å². The van der Waals surface area contributed by atoms with Crippen LogP contribution in [0.1, 0.15) is 47.0 Å². The first kappa shape index (κ1) is 17.3. The van der Waals surface area contributed by atoms with E-state index < -0.39 is 36.6 Å². The first-order chi connectivity index (χ1) is 11.3. The third-order valence-corrected chi connectivity index (χ3v) is 5.68. The number of anilines is 1. The molecular formula is C16H20F2N2O3S. The molecule has 1 atom stereocenters. The van der Waals surface area contributed by atoms with Crippen molar-refractivity contribution in [1.82, 2.24) is 0 Å². The number of carbonyl (C=O) groups excluding carboxylic acids is 2. The Morgan fingerprint density at radius 1 is 1.42 bits per heavy atom. The van der Waals surface area contributed by atoms with Crippen LogP contribution >= 0.6 is 11.3 Å². The SMILES string of the molecule is CCOC(=O)c1c(NC(=O)C2CC(F)(F)C2)sc2c1C[C@@H](N)CC2. The predicted molar refractivity (Wildman–Crippen MR) is 86.6 cm³/mol. The van der Waals surface area contributed by atoms with Crippen molar-refractivity contribution in [1.29, 1.82) is 0 Å². The molecule has 1 saturated carbocycles. The number of nitrogens with one attached hydrogen (secondary N) is 1. The van der Waals surface area contributed by atoms with Crippen molar-refractivity contribution in [2.24, 2.45) is 11.7 Å². The maximum Gasteiger partial charge on any atom is 0.341 e. The zero-order valence-corrected chi connectivity index (χ0v) is 14.2. The van der Waals surface area contributed by atoms with Crippen molar-refractivity contribution >= 4 is 28.2 Å². The van der Waals surface area contributed by atoms with E-state index in [4.69, 9.17) is 10.5 Å². The third kappa shape index (κ3) is 3.30. The zero-order chi connectivity index (χ0) is 17.5. The number of aryl methyl sites for hydroxylation is 1.